The Labute approximate surface area is 137 Å². The summed E-state index contributed by atoms with van der Waals surface area (Å²) in [6.07, 6.45) is 0.304. The Kier molecular flexibility index (Phi) is 3.89. The molecular formula is C16H16N2O4S. The van der Waals surface area contributed by atoms with Gasteiger partial charge < -0.3 is 10.4 Å². The average molecular weight is 332 g/mol. The number of aliphatic carboxylic acids is 1. The summed E-state index contributed by atoms with van der Waals surface area (Å²) in [5.74, 6) is -1.19. The molecule has 7 heteroatoms. The van der Waals surface area contributed by atoms with Gasteiger partial charge >= 0.3 is 5.97 Å². The Balaban J connectivity index is 1.79. The molecule has 1 aromatic rings. The second kappa shape index (κ2) is 5.73. The molecule has 0 spiro atoms. The number of hydrogen-bond acceptors (Lipinski definition) is 4. The minimum absolute atomic E-state index is 0.0139. The number of benzene rings is 1. The Morgan fingerprint density at radius 2 is 2.04 bits per heavy atom. The lowest BCUT2D eigenvalue weighted by molar-refractivity contribution is -0.154. The van der Waals surface area contributed by atoms with Crippen LogP contribution in [-0.2, 0) is 20.8 Å². The van der Waals surface area contributed by atoms with Crippen molar-refractivity contribution in [1.82, 2.24) is 10.2 Å². The first-order chi connectivity index (χ1) is 10.9. The molecule has 0 unspecified atom stereocenters. The van der Waals surface area contributed by atoms with Gasteiger partial charge in [-0.1, -0.05) is 30.3 Å². The van der Waals surface area contributed by atoms with Gasteiger partial charge in [0, 0.05) is 5.75 Å². The molecule has 0 aliphatic carbocycles. The molecule has 1 saturated heterocycles. The lowest BCUT2D eigenvalue weighted by Gasteiger charge is -2.53. The fourth-order valence-corrected chi connectivity index (χ4v) is 4.16. The van der Waals surface area contributed by atoms with Crippen molar-refractivity contribution in [2.24, 2.45) is 0 Å². The van der Waals surface area contributed by atoms with E-state index >= 15 is 0 Å². The van der Waals surface area contributed by atoms with E-state index in [4.69, 9.17) is 0 Å². The predicted octanol–water partition coefficient (Wildman–Crippen LogP) is 1.34. The van der Waals surface area contributed by atoms with Crippen LogP contribution in [0.1, 0.15) is 18.9 Å². The molecule has 2 N–H and O–H groups in total. The third-order valence-corrected chi connectivity index (χ3v) is 5.39. The highest BCUT2D eigenvalue weighted by atomic mass is 32.2. The molecule has 6 nitrogen and oxygen atoms in total. The van der Waals surface area contributed by atoms with Gasteiger partial charge in [-0.25, -0.2) is 4.79 Å². The van der Waals surface area contributed by atoms with Gasteiger partial charge in [0.25, 0.3) is 0 Å². The first-order valence-electron chi connectivity index (χ1n) is 7.18. The van der Waals surface area contributed by atoms with Gasteiger partial charge in [0.05, 0.1) is 12.8 Å². The van der Waals surface area contributed by atoms with E-state index in [1.165, 1.54) is 16.7 Å². The Morgan fingerprint density at radius 1 is 1.35 bits per heavy atom. The summed E-state index contributed by atoms with van der Waals surface area (Å²) >= 11 is 1.38. The minimum Gasteiger partial charge on any atom is -0.477 e. The van der Waals surface area contributed by atoms with Crippen LogP contribution in [0.2, 0.25) is 0 Å². The largest absolute Gasteiger partial charge is 0.477 e. The molecule has 1 atom stereocenters. The van der Waals surface area contributed by atoms with Gasteiger partial charge in [-0.2, -0.15) is 0 Å². The summed E-state index contributed by atoms with van der Waals surface area (Å²) in [6.45, 7) is 1.69. The summed E-state index contributed by atoms with van der Waals surface area (Å²) in [5.41, 5.74) is 1.48. The molecule has 2 aliphatic heterocycles. The van der Waals surface area contributed by atoms with E-state index in [1.54, 1.807) is 6.92 Å². The fourth-order valence-electron chi connectivity index (χ4n) is 2.84. The summed E-state index contributed by atoms with van der Waals surface area (Å²) in [7, 11) is 0. The maximum Gasteiger partial charge on any atom is 0.352 e. The number of carbonyl (C=O) groups is 3. The zero-order valence-electron chi connectivity index (χ0n) is 12.5. The van der Waals surface area contributed by atoms with Gasteiger partial charge in [-0.15, -0.1) is 11.8 Å². The summed E-state index contributed by atoms with van der Waals surface area (Å²) < 4.78 is 0. The third kappa shape index (κ3) is 2.72. The van der Waals surface area contributed by atoms with Crippen LogP contribution in [0, 0.1) is 0 Å². The molecule has 1 fully saturated rings. The molecule has 0 saturated carbocycles. The van der Waals surface area contributed by atoms with Crippen LogP contribution in [0.3, 0.4) is 0 Å². The van der Waals surface area contributed by atoms with Gasteiger partial charge in [-0.05, 0) is 18.1 Å². The highest BCUT2D eigenvalue weighted by Crippen LogP contribution is 2.47. The predicted molar refractivity (Wildman–Crippen MR) is 85.3 cm³/mol. The van der Waals surface area contributed by atoms with Crippen LogP contribution in [0.5, 0.6) is 0 Å². The van der Waals surface area contributed by atoms with Gasteiger partial charge in [0.15, 0.2) is 4.99 Å². The van der Waals surface area contributed by atoms with Crippen LogP contribution < -0.4 is 5.32 Å². The smallest absolute Gasteiger partial charge is 0.352 e. The number of rotatable bonds is 4. The van der Waals surface area contributed by atoms with E-state index in [2.05, 4.69) is 5.32 Å². The molecule has 2 heterocycles. The Morgan fingerprint density at radius 3 is 2.65 bits per heavy atom. The molecule has 0 bridgehead atoms. The van der Waals surface area contributed by atoms with Crippen molar-refractivity contribution in [3.63, 3.8) is 0 Å². The van der Waals surface area contributed by atoms with Gasteiger partial charge in [0.1, 0.15) is 5.70 Å². The molecular weight excluding hydrogens is 316 g/mol. The van der Waals surface area contributed by atoms with Crippen LogP contribution in [0.4, 0.5) is 0 Å². The zero-order chi connectivity index (χ0) is 16.6. The van der Waals surface area contributed by atoms with E-state index in [9.17, 15) is 19.5 Å². The van der Waals surface area contributed by atoms with Gasteiger partial charge in [-0.3, -0.25) is 14.5 Å². The van der Waals surface area contributed by atoms with Crippen LogP contribution in [0.25, 0.3) is 0 Å². The van der Waals surface area contributed by atoms with Crippen LogP contribution in [0.15, 0.2) is 41.6 Å². The van der Waals surface area contributed by atoms with E-state index < -0.39 is 11.0 Å². The van der Waals surface area contributed by atoms with Crippen molar-refractivity contribution in [3.8, 4) is 0 Å². The second-order valence-electron chi connectivity index (χ2n) is 5.62. The van der Waals surface area contributed by atoms with Crippen molar-refractivity contribution in [2.45, 2.75) is 24.8 Å². The average Bonchev–Trinajstić information content (AvgIpc) is 2.49. The number of hydrogen-bond donors (Lipinski definition) is 2. The van der Waals surface area contributed by atoms with Crippen molar-refractivity contribution < 1.29 is 19.5 Å². The SMILES string of the molecule is CC1=C(C(=O)O)N2C(=O)C[C@@]2(NC(=O)Cc2ccccc2)SC1. The second-order valence-corrected chi connectivity index (χ2v) is 6.88. The van der Waals surface area contributed by atoms with E-state index in [1.807, 2.05) is 30.3 Å². The molecule has 120 valence electrons. The number of β-lactam (4-membered cyclic amide) rings is 1. The van der Waals surface area contributed by atoms with Crippen LogP contribution >= 0.6 is 11.8 Å². The maximum atomic E-state index is 12.3. The van der Waals surface area contributed by atoms with Crippen molar-refractivity contribution in [2.75, 3.05) is 5.75 Å². The molecule has 0 aromatic heterocycles. The molecule has 0 radical (unpaired) electrons. The van der Waals surface area contributed by atoms with Crippen molar-refractivity contribution in [3.05, 3.63) is 47.2 Å². The molecule has 2 amide bonds. The minimum atomic E-state index is -1.14. The fraction of sp³-hybridized carbons (Fsp3) is 0.312. The molecule has 3 rings (SSSR count). The van der Waals surface area contributed by atoms with E-state index in [0.717, 1.165) is 5.56 Å². The standard InChI is InChI=1S/C16H16N2O4S/c1-10-9-23-16(8-13(20)18(16)14(10)15(21)22)17-12(19)7-11-5-3-2-4-6-11/h2-6H,7-9H2,1H3,(H,17,19)(H,21,22)/t16-/m0/s1. The zero-order valence-corrected chi connectivity index (χ0v) is 13.4. The number of carboxylic acids is 1. The normalized spacial score (nSPS) is 23.2. The van der Waals surface area contributed by atoms with E-state index in [0.29, 0.717) is 11.3 Å². The topological polar surface area (TPSA) is 86.7 Å². The lowest BCUT2D eigenvalue weighted by atomic mass is 10.0. The van der Waals surface area contributed by atoms with Crippen LogP contribution in [-0.4, -0.2) is 38.5 Å². The highest BCUT2D eigenvalue weighted by Gasteiger charge is 2.57. The molecule has 1 aromatic carbocycles. The number of nitrogens with zero attached hydrogens (tertiary/aromatic N) is 1. The Bertz CT molecular complexity index is 716. The number of nitrogens with one attached hydrogen (secondary N) is 1. The Hall–Kier alpha value is -2.28. The lowest BCUT2D eigenvalue weighted by Crippen LogP contribution is -2.71. The summed E-state index contributed by atoms with van der Waals surface area (Å²) in [6, 6.07) is 9.27. The quantitative estimate of drug-likeness (QED) is 0.813. The third-order valence-electron chi connectivity index (χ3n) is 3.90. The number of thioether (sulfide) groups is 1. The molecule has 2 aliphatic rings. The van der Waals surface area contributed by atoms with Crippen molar-refractivity contribution in [1.29, 1.82) is 0 Å². The summed E-state index contributed by atoms with van der Waals surface area (Å²) in [5, 5.41) is 12.2. The van der Waals surface area contributed by atoms with Gasteiger partial charge in [0.2, 0.25) is 11.8 Å². The monoisotopic (exact) mass is 332 g/mol. The number of amides is 2. The maximum absolute atomic E-state index is 12.3. The number of fused-ring (bicyclic) bond motifs is 1. The first kappa shape index (κ1) is 15.6. The van der Waals surface area contributed by atoms with Crippen molar-refractivity contribution >= 4 is 29.5 Å². The summed E-state index contributed by atoms with van der Waals surface area (Å²) in [4.78, 5) is 35.9. The first-order valence-corrected chi connectivity index (χ1v) is 8.16. The molecule has 23 heavy (non-hydrogen) atoms. The number of carbonyl (C=O) groups excluding carboxylic acids is 2. The number of carboxylic acid groups (broad SMARTS) is 1. The van der Waals surface area contributed by atoms with E-state index in [-0.39, 0.29) is 30.4 Å². The highest BCUT2D eigenvalue weighted by molar-refractivity contribution is 8.01.